The van der Waals surface area contributed by atoms with Gasteiger partial charge in [0, 0.05) is 19.1 Å². The quantitative estimate of drug-likeness (QED) is 0.785. The van der Waals surface area contributed by atoms with Crippen molar-refractivity contribution in [3.8, 4) is 0 Å². The SMILES string of the molecule is CC1CCCC(C)(C)C1/C=C/C(=O)N1CCC(NC(N)=O)C1. The Balaban J connectivity index is 1.92. The zero-order chi connectivity index (χ0) is 16.3. The molecule has 3 unspecified atom stereocenters. The number of primary amides is 1. The lowest BCUT2D eigenvalue weighted by molar-refractivity contribution is -0.125. The highest BCUT2D eigenvalue weighted by Gasteiger charge is 2.35. The Kier molecular flexibility index (Phi) is 5.14. The van der Waals surface area contributed by atoms with Crippen LogP contribution in [-0.2, 0) is 4.79 Å². The van der Waals surface area contributed by atoms with Gasteiger partial charge in [-0.2, -0.15) is 0 Å². The van der Waals surface area contributed by atoms with Gasteiger partial charge in [0.1, 0.15) is 0 Å². The van der Waals surface area contributed by atoms with Crippen LogP contribution in [0.2, 0.25) is 0 Å². The lowest BCUT2D eigenvalue weighted by atomic mass is 9.64. The van der Waals surface area contributed by atoms with E-state index in [1.807, 2.05) is 0 Å². The van der Waals surface area contributed by atoms with Crippen LogP contribution in [-0.4, -0.2) is 36.0 Å². The van der Waals surface area contributed by atoms with Crippen molar-refractivity contribution in [2.45, 2.75) is 52.5 Å². The fraction of sp³-hybridized carbons (Fsp3) is 0.765. The van der Waals surface area contributed by atoms with Gasteiger partial charge in [-0.05, 0) is 36.2 Å². The van der Waals surface area contributed by atoms with Gasteiger partial charge >= 0.3 is 6.03 Å². The fourth-order valence-electron chi connectivity index (χ4n) is 4.02. The zero-order valence-corrected chi connectivity index (χ0v) is 14.0. The number of hydrogen-bond acceptors (Lipinski definition) is 2. The van der Waals surface area contributed by atoms with Crippen molar-refractivity contribution >= 4 is 11.9 Å². The van der Waals surface area contributed by atoms with Crippen LogP contribution in [0.4, 0.5) is 4.79 Å². The first-order valence-electron chi connectivity index (χ1n) is 8.32. The highest BCUT2D eigenvalue weighted by Crippen LogP contribution is 2.44. The molecule has 2 rings (SSSR count). The molecule has 5 nitrogen and oxygen atoms in total. The summed E-state index contributed by atoms with van der Waals surface area (Å²) in [7, 11) is 0. The molecular weight excluding hydrogens is 278 g/mol. The molecule has 1 saturated carbocycles. The molecule has 1 heterocycles. The van der Waals surface area contributed by atoms with Crippen molar-refractivity contribution in [1.29, 1.82) is 0 Å². The Labute approximate surface area is 133 Å². The van der Waals surface area contributed by atoms with Gasteiger partial charge in [0.15, 0.2) is 0 Å². The number of allylic oxidation sites excluding steroid dienone is 1. The number of likely N-dealkylation sites (tertiary alicyclic amines) is 1. The third-order valence-electron chi connectivity index (χ3n) is 5.29. The van der Waals surface area contributed by atoms with Crippen molar-refractivity contribution in [1.82, 2.24) is 10.2 Å². The van der Waals surface area contributed by atoms with E-state index in [9.17, 15) is 9.59 Å². The Morgan fingerprint density at radius 1 is 1.32 bits per heavy atom. The van der Waals surface area contributed by atoms with Gasteiger partial charge in [0.2, 0.25) is 5.91 Å². The standard InChI is InChI=1S/C17H29N3O2/c1-12-5-4-9-17(2,3)14(12)6-7-15(21)20-10-8-13(11-20)19-16(18)22/h6-7,12-14H,4-5,8-11H2,1-3H3,(H3,18,19,22)/b7-6+. The summed E-state index contributed by atoms with van der Waals surface area (Å²) in [4.78, 5) is 25.0. The Morgan fingerprint density at radius 2 is 2.05 bits per heavy atom. The molecule has 0 radical (unpaired) electrons. The lowest BCUT2D eigenvalue weighted by Gasteiger charge is -2.41. The number of amides is 3. The van der Waals surface area contributed by atoms with E-state index in [0.29, 0.717) is 24.9 Å². The van der Waals surface area contributed by atoms with Crippen molar-refractivity contribution in [3.05, 3.63) is 12.2 Å². The summed E-state index contributed by atoms with van der Waals surface area (Å²) in [6.07, 6.45) is 8.35. The average molecular weight is 307 g/mol. The van der Waals surface area contributed by atoms with E-state index < -0.39 is 6.03 Å². The molecule has 2 fully saturated rings. The molecule has 1 aliphatic carbocycles. The summed E-state index contributed by atoms with van der Waals surface area (Å²) in [5, 5.41) is 2.67. The second kappa shape index (κ2) is 6.71. The second-order valence-electron chi connectivity index (χ2n) is 7.52. The number of nitrogens with zero attached hydrogens (tertiary/aromatic N) is 1. The number of nitrogens with one attached hydrogen (secondary N) is 1. The number of carbonyl (C=O) groups is 2. The summed E-state index contributed by atoms with van der Waals surface area (Å²) in [6, 6.07) is -0.535. The lowest BCUT2D eigenvalue weighted by Crippen LogP contribution is -2.41. The molecular formula is C17H29N3O2. The summed E-state index contributed by atoms with van der Waals surface area (Å²) in [6.45, 7) is 8.10. The molecule has 0 aromatic heterocycles. The molecule has 22 heavy (non-hydrogen) atoms. The summed E-state index contributed by atoms with van der Waals surface area (Å²) >= 11 is 0. The number of urea groups is 1. The Bertz CT molecular complexity index is 459. The van der Waals surface area contributed by atoms with Crippen molar-refractivity contribution in [2.75, 3.05) is 13.1 Å². The van der Waals surface area contributed by atoms with Crippen LogP contribution in [0.3, 0.4) is 0 Å². The largest absolute Gasteiger partial charge is 0.352 e. The van der Waals surface area contributed by atoms with Crippen LogP contribution < -0.4 is 11.1 Å². The molecule has 5 heteroatoms. The number of rotatable bonds is 3. The van der Waals surface area contributed by atoms with E-state index in [1.165, 1.54) is 19.3 Å². The highest BCUT2D eigenvalue weighted by molar-refractivity contribution is 5.88. The van der Waals surface area contributed by atoms with Gasteiger partial charge < -0.3 is 16.0 Å². The summed E-state index contributed by atoms with van der Waals surface area (Å²) in [5.74, 6) is 1.12. The van der Waals surface area contributed by atoms with E-state index >= 15 is 0 Å². The van der Waals surface area contributed by atoms with Crippen molar-refractivity contribution in [2.24, 2.45) is 23.0 Å². The second-order valence-corrected chi connectivity index (χ2v) is 7.52. The topological polar surface area (TPSA) is 75.4 Å². The maximum absolute atomic E-state index is 12.3. The van der Waals surface area contributed by atoms with Crippen LogP contribution in [0.5, 0.6) is 0 Å². The molecule has 124 valence electrons. The molecule has 0 aromatic carbocycles. The first kappa shape index (κ1) is 16.8. The van der Waals surface area contributed by atoms with E-state index in [-0.39, 0.29) is 17.4 Å². The zero-order valence-electron chi connectivity index (χ0n) is 14.0. The van der Waals surface area contributed by atoms with Crippen LogP contribution in [0.1, 0.15) is 46.5 Å². The molecule has 0 aromatic rings. The third-order valence-corrected chi connectivity index (χ3v) is 5.29. The smallest absolute Gasteiger partial charge is 0.312 e. The van der Waals surface area contributed by atoms with Crippen LogP contribution >= 0.6 is 0 Å². The van der Waals surface area contributed by atoms with Gasteiger partial charge in [-0.1, -0.05) is 39.7 Å². The van der Waals surface area contributed by atoms with Gasteiger partial charge in [-0.3, -0.25) is 4.79 Å². The summed E-state index contributed by atoms with van der Waals surface area (Å²) in [5.41, 5.74) is 5.39. The van der Waals surface area contributed by atoms with E-state index in [4.69, 9.17) is 5.73 Å². The monoisotopic (exact) mass is 307 g/mol. The molecule has 3 atom stereocenters. The van der Waals surface area contributed by atoms with Crippen molar-refractivity contribution in [3.63, 3.8) is 0 Å². The predicted molar refractivity (Wildman–Crippen MR) is 87.1 cm³/mol. The number of nitrogens with two attached hydrogens (primary N) is 1. The molecule has 0 spiro atoms. The third kappa shape index (κ3) is 4.02. The maximum Gasteiger partial charge on any atom is 0.312 e. The molecule has 2 aliphatic rings. The van der Waals surface area contributed by atoms with Gasteiger partial charge in [-0.15, -0.1) is 0 Å². The minimum absolute atomic E-state index is 0.0140. The maximum atomic E-state index is 12.3. The molecule has 3 amide bonds. The van der Waals surface area contributed by atoms with E-state index in [0.717, 1.165) is 6.42 Å². The molecule has 3 N–H and O–H groups in total. The normalized spacial score (nSPS) is 31.4. The number of hydrogen-bond donors (Lipinski definition) is 2. The van der Waals surface area contributed by atoms with Crippen LogP contribution in [0, 0.1) is 17.3 Å². The minimum atomic E-state index is -0.521. The van der Waals surface area contributed by atoms with E-state index in [1.54, 1.807) is 11.0 Å². The first-order valence-corrected chi connectivity index (χ1v) is 8.32. The molecule has 1 saturated heterocycles. The predicted octanol–water partition coefficient (Wildman–Crippen LogP) is 2.27. The fourth-order valence-corrected chi connectivity index (χ4v) is 4.02. The first-order chi connectivity index (χ1) is 10.3. The number of carbonyl (C=O) groups excluding carboxylic acids is 2. The Morgan fingerprint density at radius 3 is 2.68 bits per heavy atom. The minimum Gasteiger partial charge on any atom is -0.352 e. The average Bonchev–Trinajstić information content (AvgIpc) is 2.84. The van der Waals surface area contributed by atoms with Crippen LogP contribution in [0.15, 0.2) is 12.2 Å². The van der Waals surface area contributed by atoms with E-state index in [2.05, 4.69) is 32.2 Å². The van der Waals surface area contributed by atoms with Crippen LogP contribution in [0.25, 0.3) is 0 Å². The Hall–Kier alpha value is -1.52. The van der Waals surface area contributed by atoms with Gasteiger partial charge in [0.25, 0.3) is 0 Å². The van der Waals surface area contributed by atoms with Gasteiger partial charge in [-0.25, -0.2) is 4.79 Å². The van der Waals surface area contributed by atoms with Crippen molar-refractivity contribution < 1.29 is 9.59 Å². The molecule has 1 aliphatic heterocycles. The molecule has 0 bridgehead atoms. The summed E-state index contributed by atoms with van der Waals surface area (Å²) < 4.78 is 0. The van der Waals surface area contributed by atoms with Gasteiger partial charge in [0.05, 0.1) is 0 Å². The highest BCUT2D eigenvalue weighted by atomic mass is 16.2.